The highest BCUT2D eigenvalue weighted by molar-refractivity contribution is 7.10. The first-order valence-electron chi connectivity index (χ1n) is 9.32. The van der Waals surface area contributed by atoms with E-state index in [2.05, 4.69) is 79.4 Å². The summed E-state index contributed by atoms with van der Waals surface area (Å²) in [6, 6.07) is 13.0. The van der Waals surface area contributed by atoms with Crippen molar-refractivity contribution in [1.82, 2.24) is 9.88 Å². The van der Waals surface area contributed by atoms with E-state index in [-0.39, 0.29) is 24.8 Å². The Labute approximate surface area is 190 Å². The SMILES string of the molecule is CCN(C)/C=N\c1cc(C)c(Cc2nc(-c3ccc(C)cc3)cs2)cc1C.Cl.Cl. The van der Waals surface area contributed by atoms with Crippen LogP contribution < -0.4 is 0 Å². The van der Waals surface area contributed by atoms with Gasteiger partial charge in [-0.05, 0) is 50.5 Å². The lowest BCUT2D eigenvalue weighted by Crippen LogP contribution is -2.14. The topological polar surface area (TPSA) is 28.5 Å². The zero-order chi connectivity index (χ0) is 19.4. The van der Waals surface area contributed by atoms with Gasteiger partial charge < -0.3 is 4.90 Å². The molecule has 0 unspecified atom stereocenters. The fourth-order valence-corrected chi connectivity index (χ4v) is 3.67. The molecule has 0 N–H and O–H groups in total. The fraction of sp³-hybridized carbons (Fsp3) is 0.304. The number of benzene rings is 2. The smallest absolute Gasteiger partial charge is 0.0976 e. The van der Waals surface area contributed by atoms with E-state index in [1.165, 1.54) is 27.8 Å². The van der Waals surface area contributed by atoms with Gasteiger partial charge in [0, 0.05) is 31.0 Å². The monoisotopic (exact) mass is 449 g/mol. The third-order valence-electron chi connectivity index (χ3n) is 4.79. The third-order valence-corrected chi connectivity index (χ3v) is 5.64. The molecule has 3 nitrogen and oxygen atoms in total. The predicted octanol–water partition coefficient (Wildman–Crippen LogP) is 6.78. The van der Waals surface area contributed by atoms with Gasteiger partial charge in [0.05, 0.1) is 22.7 Å². The zero-order valence-electron chi connectivity index (χ0n) is 17.6. The molecule has 0 fully saturated rings. The van der Waals surface area contributed by atoms with Crippen LogP contribution in [0.4, 0.5) is 5.69 Å². The van der Waals surface area contributed by atoms with Gasteiger partial charge in [-0.15, -0.1) is 36.2 Å². The Balaban J connectivity index is 0.00000210. The Morgan fingerprint density at radius 3 is 2.38 bits per heavy atom. The van der Waals surface area contributed by atoms with Crippen molar-refractivity contribution in [2.24, 2.45) is 4.99 Å². The normalized spacial score (nSPS) is 10.5. The Bertz CT molecular complexity index is 949. The summed E-state index contributed by atoms with van der Waals surface area (Å²) in [7, 11) is 2.04. The van der Waals surface area contributed by atoms with E-state index in [0.717, 1.165) is 29.4 Å². The van der Waals surface area contributed by atoms with Crippen LogP contribution in [0.5, 0.6) is 0 Å². The van der Waals surface area contributed by atoms with Gasteiger partial charge in [0.15, 0.2) is 0 Å². The molecule has 29 heavy (non-hydrogen) atoms. The summed E-state index contributed by atoms with van der Waals surface area (Å²) in [6.45, 7) is 9.46. The first kappa shape index (κ1) is 25.2. The minimum Gasteiger partial charge on any atom is -0.366 e. The fourth-order valence-electron chi connectivity index (χ4n) is 2.84. The minimum atomic E-state index is 0. The molecule has 1 heterocycles. The largest absolute Gasteiger partial charge is 0.366 e. The molecule has 6 heteroatoms. The van der Waals surface area contributed by atoms with Gasteiger partial charge in [-0.3, -0.25) is 0 Å². The molecule has 1 aromatic heterocycles. The number of thiazole rings is 1. The summed E-state index contributed by atoms with van der Waals surface area (Å²) in [5.41, 5.74) is 8.34. The van der Waals surface area contributed by atoms with Crippen LogP contribution in [-0.4, -0.2) is 29.8 Å². The zero-order valence-corrected chi connectivity index (χ0v) is 20.0. The molecule has 0 aliphatic heterocycles. The number of aliphatic imine (C=N–C) groups is 1. The van der Waals surface area contributed by atoms with Crippen molar-refractivity contribution in [2.45, 2.75) is 34.1 Å². The summed E-state index contributed by atoms with van der Waals surface area (Å²) in [5.74, 6) is 0. The number of nitrogens with zero attached hydrogens (tertiary/aromatic N) is 3. The molecule has 3 aromatic rings. The molecule has 0 atom stereocenters. The number of aromatic nitrogens is 1. The average molecular weight is 450 g/mol. The summed E-state index contributed by atoms with van der Waals surface area (Å²) < 4.78 is 0. The second-order valence-corrected chi connectivity index (χ2v) is 7.99. The average Bonchev–Trinajstić information content (AvgIpc) is 3.12. The summed E-state index contributed by atoms with van der Waals surface area (Å²) >= 11 is 1.73. The Kier molecular flexibility index (Phi) is 9.84. The van der Waals surface area contributed by atoms with Gasteiger partial charge in [-0.25, -0.2) is 9.98 Å². The Hall–Kier alpha value is -1.88. The van der Waals surface area contributed by atoms with Crippen molar-refractivity contribution in [3.8, 4) is 11.3 Å². The van der Waals surface area contributed by atoms with Crippen LogP contribution in [0, 0.1) is 20.8 Å². The van der Waals surface area contributed by atoms with E-state index in [1.54, 1.807) is 11.3 Å². The van der Waals surface area contributed by atoms with Crippen molar-refractivity contribution in [2.75, 3.05) is 13.6 Å². The van der Waals surface area contributed by atoms with E-state index >= 15 is 0 Å². The molecular weight excluding hydrogens is 421 g/mol. The van der Waals surface area contributed by atoms with Crippen LogP contribution in [0.1, 0.15) is 34.2 Å². The second kappa shape index (κ2) is 11.3. The lowest BCUT2D eigenvalue weighted by atomic mass is 10.0. The first-order valence-corrected chi connectivity index (χ1v) is 10.2. The number of halogens is 2. The summed E-state index contributed by atoms with van der Waals surface area (Å²) in [4.78, 5) is 11.6. The third kappa shape index (κ3) is 6.56. The second-order valence-electron chi connectivity index (χ2n) is 7.05. The van der Waals surface area contributed by atoms with Crippen LogP contribution in [0.25, 0.3) is 11.3 Å². The van der Waals surface area contributed by atoms with Gasteiger partial charge in [0.2, 0.25) is 0 Å². The standard InChI is InChI=1S/C23H27N3S.2ClH/c1-6-26(5)15-24-21-12-17(3)20(11-18(21)4)13-23-25-22(14-27-23)19-9-7-16(2)8-10-19;;/h7-12,14-15H,6,13H2,1-5H3;2*1H/b24-15-;;. The summed E-state index contributed by atoms with van der Waals surface area (Å²) in [5, 5.41) is 3.30. The maximum Gasteiger partial charge on any atom is 0.0976 e. The maximum atomic E-state index is 4.85. The van der Waals surface area contributed by atoms with Crippen LogP contribution in [0.3, 0.4) is 0 Å². The molecule has 0 amide bonds. The number of hydrogen-bond donors (Lipinski definition) is 0. The van der Waals surface area contributed by atoms with E-state index in [4.69, 9.17) is 4.98 Å². The van der Waals surface area contributed by atoms with Gasteiger partial charge in [0.25, 0.3) is 0 Å². The van der Waals surface area contributed by atoms with Crippen molar-refractivity contribution in [3.63, 3.8) is 0 Å². The van der Waals surface area contributed by atoms with Crippen molar-refractivity contribution in [1.29, 1.82) is 0 Å². The lowest BCUT2D eigenvalue weighted by Gasteiger charge is -2.11. The molecule has 0 spiro atoms. The van der Waals surface area contributed by atoms with Gasteiger partial charge >= 0.3 is 0 Å². The molecule has 0 saturated heterocycles. The van der Waals surface area contributed by atoms with Gasteiger partial charge in [-0.2, -0.15) is 0 Å². The molecule has 0 aliphatic carbocycles. The quantitative estimate of drug-likeness (QED) is 0.306. The number of rotatable bonds is 6. The van der Waals surface area contributed by atoms with Crippen molar-refractivity contribution in [3.05, 3.63) is 69.0 Å². The predicted molar refractivity (Wildman–Crippen MR) is 132 cm³/mol. The van der Waals surface area contributed by atoms with E-state index in [1.807, 2.05) is 13.4 Å². The maximum absolute atomic E-state index is 4.85. The number of aryl methyl sites for hydroxylation is 3. The van der Waals surface area contributed by atoms with E-state index < -0.39 is 0 Å². The van der Waals surface area contributed by atoms with Gasteiger partial charge in [0.1, 0.15) is 0 Å². The number of hydrogen-bond acceptors (Lipinski definition) is 3. The molecular formula is C23H29Cl2N3S. The molecule has 0 aliphatic rings. The van der Waals surface area contributed by atoms with Crippen LogP contribution >= 0.6 is 36.2 Å². The molecule has 2 aromatic carbocycles. The molecule has 0 bridgehead atoms. The first-order chi connectivity index (χ1) is 13.0. The highest BCUT2D eigenvalue weighted by Crippen LogP contribution is 2.28. The van der Waals surface area contributed by atoms with Crippen LogP contribution in [0.2, 0.25) is 0 Å². The molecule has 3 rings (SSSR count). The van der Waals surface area contributed by atoms with Gasteiger partial charge in [-0.1, -0.05) is 35.9 Å². The highest BCUT2D eigenvalue weighted by atomic mass is 35.5. The van der Waals surface area contributed by atoms with E-state index in [0.29, 0.717) is 0 Å². The summed E-state index contributed by atoms with van der Waals surface area (Å²) in [6.07, 6.45) is 2.76. The highest BCUT2D eigenvalue weighted by Gasteiger charge is 2.09. The molecule has 0 radical (unpaired) electrons. The van der Waals surface area contributed by atoms with E-state index in [9.17, 15) is 0 Å². The van der Waals surface area contributed by atoms with Crippen LogP contribution in [0.15, 0.2) is 46.8 Å². The molecule has 0 saturated carbocycles. The lowest BCUT2D eigenvalue weighted by molar-refractivity contribution is 0.552. The Morgan fingerprint density at radius 2 is 1.72 bits per heavy atom. The van der Waals surface area contributed by atoms with Crippen molar-refractivity contribution >= 4 is 48.2 Å². The Morgan fingerprint density at radius 1 is 1.03 bits per heavy atom. The van der Waals surface area contributed by atoms with Crippen molar-refractivity contribution < 1.29 is 0 Å². The minimum absolute atomic E-state index is 0. The molecule has 156 valence electrons. The van der Waals surface area contributed by atoms with Crippen LogP contribution in [-0.2, 0) is 6.42 Å².